The lowest BCUT2D eigenvalue weighted by Gasteiger charge is -2.31. The fraction of sp³-hybridized carbons (Fsp3) is 0.692. The van der Waals surface area contributed by atoms with Crippen LogP contribution in [0.15, 0.2) is 10.5 Å². The fourth-order valence-corrected chi connectivity index (χ4v) is 4.72. The zero-order chi connectivity index (χ0) is 13.1. The molecule has 1 heterocycles. The molecule has 1 aromatic heterocycles. The highest BCUT2D eigenvalue weighted by Crippen LogP contribution is 2.35. The SMILES string of the molecule is CCN(Cc1cc(Br)c(Cl)s1)C1CCCC1CN. The van der Waals surface area contributed by atoms with Gasteiger partial charge in [0, 0.05) is 21.9 Å². The Kier molecular flexibility index (Phi) is 5.51. The van der Waals surface area contributed by atoms with Crippen LogP contribution in [0.1, 0.15) is 31.1 Å². The minimum Gasteiger partial charge on any atom is -0.330 e. The molecule has 1 aliphatic rings. The van der Waals surface area contributed by atoms with E-state index in [0.717, 1.165) is 28.4 Å². The van der Waals surface area contributed by atoms with Gasteiger partial charge in [-0.25, -0.2) is 0 Å². The fourth-order valence-electron chi connectivity index (χ4n) is 2.91. The van der Waals surface area contributed by atoms with Crippen molar-refractivity contribution in [2.75, 3.05) is 13.1 Å². The van der Waals surface area contributed by atoms with E-state index in [9.17, 15) is 0 Å². The summed E-state index contributed by atoms with van der Waals surface area (Å²) < 4.78 is 1.87. The van der Waals surface area contributed by atoms with E-state index in [0.29, 0.717) is 12.0 Å². The molecule has 1 fully saturated rings. The molecule has 1 saturated carbocycles. The van der Waals surface area contributed by atoms with Gasteiger partial charge in [-0.1, -0.05) is 24.9 Å². The largest absolute Gasteiger partial charge is 0.330 e. The van der Waals surface area contributed by atoms with E-state index in [1.807, 2.05) is 0 Å². The summed E-state index contributed by atoms with van der Waals surface area (Å²) in [6.07, 6.45) is 3.89. The molecule has 2 atom stereocenters. The summed E-state index contributed by atoms with van der Waals surface area (Å²) in [7, 11) is 0. The number of nitrogens with zero attached hydrogens (tertiary/aromatic N) is 1. The van der Waals surface area contributed by atoms with Gasteiger partial charge in [-0.3, -0.25) is 4.90 Å². The number of hydrogen-bond donors (Lipinski definition) is 1. The van der Waals surface area contributed by atoms with Crippen LogP contribution < -0.4 is 5.73 Å². The molecule has 0 amide bonds. The van der Waals surface area contributed by atoms with Gasteiger partial charge in [0.05, 0.1) is 0 Å². The lowest BCUT2D eigenvalue weighted by Crippen LogP contribution is -2.39. The van der Waals surface area contributed by atoms with E-state index < -0.39 is 0 Å². The number of halogens is 2. The molecule has 2 nitrogen and oxygen atoms in total. The second-order valence-electron chi connectivity index (χ2n) is 4.89. The van der Waals surface area contributed by atoms with Crippen LogP contribution in [0.4, 0.5) is 0 Å². The number of hydrogen-bond acceptors (Lipinski definition) is 3. The van der Waals surface area contributed by atoms with Crippen LogP contribution in [0.5, 0.6) is 0 Å². The Hall–Kier alpha value is 0.390. The molecule has 2 rings (SSSR count). The Morgan fingerprint density at radius 1 is 1.56 bits per heavy atom. The van der Waals surface area contributed by atoms with Crippen molar-refractivity contribution in [3.05, 3.63) is 19.8 Å². The van der Waals surface area contributed by atoms with Gasteiger partial charge in [-0.05, 0) is 53.8 Å². The second-order valence-corrected chi connectivity index (χ2v) is 7.48. The van der Waals surface area contributed by atoms with Crippen molar-refractivity contribution in [3.63, 3.8) is 0 Å². The third-order valence-electron chi connectivity index (χ3n) is 3.85. The highest BCUT2D eigenvalue weighted by molar-refractivity contribution is 9.10. The van der Waals surface area contributed by atoms with Crippen LogP contribution >= 0.6 is 38.9 Å². The molecule has 0 bridgehead atoms. The van der Waals surface area contributed by atoms with Crippen LogP contribution in [0, 0.1) is 5.92 Å². The highest BCUT2D eigenvalue weighted by atomic mass is 79.9. The topological polar surface area (TPSA) is 29.3 Å². The maximum Gasteiger partial charge on any atom is 0.107 e. The summed E-state index contributed by atoms with van der Waals surface area (Å²) >= 11 is 11.3. The summed E-state index contributed by atoms with van der Waals surface area (Å²) in [4.78, 5) is 3.88. The Morgan fingerprint density at radius 3 is 2.89 bits per heavy atom. The van der Waals surface area contributed by atoms with Gasteiger partial charge in [-0.15, -0.1) is 11.3 Å². The monoisotopic (exact) mass is 350 g/mol. The van der Waals surface area contributed by atoms with Gasteiger partial charge < -0.3 is 5.73 Å². The molecule has 0 aliphatic heterocycles. The van der Waals surface area contributed by atoms with Gasteiger partial charge in [-0.2, -0.15) is 0 Å². The Morgan fingerprint density at radius 2 is 2.33 bits per heavy atom. The number of nitrogens with two attached hydrogens (primary N) is 1. The van der Waals surface area contributed by atoms with Gasteiger partial charge in [0.1, 0.15) is 4.34 Å². The van der Waals surface area contributed by atoms with Crippen molar-refractivity contribution in [1.82, 2.24) is 4.90 Å². The first-order chi connectivity index (χ1) is 8.65. The van der Waals surface area contributed by atoms with E-state index in [-0.39, 0.29) is 0 Å². The van der Waals surface area contributed by atoms with Crippen molar-refractivity contribution in [2.24, 2.45) is 11.7 Å². The minimum absolute atomic E-state index is 0.652. The molecule has 1 aromatic rings. The number of thiophene rings is 1. The summed E-state index contributed by atoms with van der Waals surface area (Å²) in [5.41, 5.74) is 5.89. The predicted octanol–water partition coefficient (Wildman–Crippen LogP) is 4.11. The van der Waals surface area contributed by atoms with E-state index in [1.165, 1.54) is 24.1 Å². The molecule has 1 aliphatic carbocycles. The summed E-state index contributed by atoms with van der Waals surface area (Å²) in [6, 6.07) is 2.79. The molecule has 5 heteroatoms. The second kappa shape index (κ2) is 6.71. The third kappa shape index (κ3) is 3.28. The van der Waals surface area contributed by atoms with Crippen LogP contribution in [0.3, 0.4) is 0 Å². The van der Waals surface area contributed by atoms with Gasteiger partial charge >= 0.3 is 0 Å². The van der Waals surface area contributed by atoms with E-state index >= 15 is 0 Å². The first-order valence-corrected chi connectivity index (χ1v) is 8.52. The Bertz CT molecular complexity index is 377. The average molecular weight is 352 g/mol. The molecule has 2 unspecified atom stereocenters. The van der Waals surface area contributed by atoms with E-state index in [1.54, 1.807) is 11.3 Å². The third-order valence-corrected chi connectivity index (χ3v) is 6.31. The molecule has 0 radical (unpaired) electrons. The maximum atomic E-state index is 6.10. The van der Waals surface area contributed by atoms with Crippen LogP contribution in [-0.4, -0.2) is 24.0 Å². The minimum atomic E-state index is 0.652. The molecule has 0 spiro atoms. The van der Waals surface area contributed by atoms with Crippen LogP contribution in [-0.2, 0) is 6.54 Å². The molecule has 0 saturated heterocycles. The van der Waals surface area contributed by atoms with Gasteiger partial charge in [0.15, 0.2) is 0 Å². The van der Waals surface area contributed by atoms with Gasteiger partial charge in [0.25, 0.3) is 0 Å². The Balaban J connectivity index is 2.04. The van der Waals surface area contributed by atoms with E-state index in [2.05, 4.69) is 33.8 Å². The zero-order valence-corrected chi connectivity index (χ0v) is 13.8. The Labute approximate surface area is 127 Å². The first-order valence-electron chi connectivity index (χ1n) is 6.53. The number of rotatable bonds is 5. The lowest BCUT2D eigenvalue weighted by molar-refractivity contribution is 0.163. The molecule has 0 aromatic carbocycles. The maximum absolute atomic E-state index is 6.10. The van der Waals surface area contributed by atoms with Crippen LogP contribution in [0.2, 0.25) is 4.34 Å². The van der Waals surface area contributed by atoms with Crippen LogP contribution in [0.25, 0.3) is 0 Å². The summed E-state index contributed by atoms with van der Waals surface area (Å²) in [5, 5.41) is 0. The summed E-state index contributed by atoms with van der Waals surface area (Å²) in [5.74, 6) is 0.670. The highest BCUT2D eigenvalue weighted by Gasteiger charge is 2.30. The normalized spacial score (nSPS) is 24.1. The van der Waals surface area contributed by atoms with Crippen molar-refractivity contribution >= 4 is 38.9 Å². The summed E-state index contributed by atoms with van der Waals surface area (Å²) in [6.45, 7) is 5.12. The molecular weight excluding hydrogens is 332 g/mol. The first kappa shape index (κ1) is 14.8. The van der Waals surface area contributed by atoms with Crippen molar-refractivity contribution < 1.29 is 0 Å². The van der Waals surface area contributed by atoms with E-state index in [4.69, 9.17) is 17.3 Å². The van der Waals surface area contributed by atoms with Crippen molar-refractivity contribution in [1.29, 1.82) is 0 Å². The molecule has 18 heavy (non-hydrogen) atoms. The molecule has 102 valence electrons. The van der Waals surface area contributed by atoms with Crippen molar-refractivity contribution in [3.8, 4) is 0 Å². The quantitative estimate of drug-likeness (QED) is 0.865. The molecule has 2 N–H and O–H groups in total. The van der Waals surface area contributed by atoms with Crippen molar-refractivity contribution in [2.45, 2.75) is 38.8 Å². The average Bonchev–Trinajstić information content (AvgIpc) is 2.94. The standard InChI is InChI=1S/C13H20BrClN2S/c1-2-17(12-5-3-4-9(12)7-16)8-10-6-11(14)13(15)18-10/h6,9,12H,2-5,7-8,16H2,1H3. The smallest absolute Gasteiger partial charge is 0.107 e. The van der Waals surface area contributed by atoms with Gasteiger partial charge in [0.2, 0.25) is 0 Å². The molecular formula is C13H20BrClN2S. The predicted molar refractivity (Wildman–Crippen MR) is 83.3 cm³/mol. The zero-order valence-electron chi connectivity index (χ0n) is 10.7. The lowest BCUT2D eigenvalue weighted by atomic mass is 10.0.